The fourth-order valence-corrected chi connectivity index (χ4v) is 5.64. The number of furan rings is 1. The quantitative estimate of drug-likeness (QED) is 0.421. The number of hydrogen-bond acceptors (Lipinski definition) is 6. The summed E-state index contributed by atoms with van der Waals surface area (Å²) >= 11 is 0. The molecule has 2 aromatic carbocycles. The van der Waals surface area contributed by atoms with Crippen molar-refractivity contribution in [2.45, 2.75) is 24.5 Å². The Balaban J connectivity index is 1.57. The first-order valence-corrected chi connectivity index (χ1v) is 11.9. The molecule has 1 saturated heterocycles. The molecule has 1 N–H and O–H groups in total. The minimum Gasteiger partial charge on any atom is -0.503 e. The minimum absolute atomic E-state index is 0.0573. The zero-order chi connectivity index (χ0) is 25.0. The first-order valence-electron chi connectivity index (χ1n) is 11.9. The molecule has 0 saturated carbocycles. The maximum Gasteiger partial charge on any atom is 0.290 e. The van der Waals surface area contributed by atoms with Crippen LogP contribution in [-0.4, -0.2) is 53.4 Å². The molecule has 1 aromatic heterocycles. The Labute approximate surface area is 207 Å². The van der Waals surface area contributed by atoms with Gasteiger partial charge in [0, 0.05) is 30.6 Å². The van der Waals surface area contributed by atoms with Crippen molar-refractivity contribution in [2.75, 3.05) is 24.6 Å². The number of para-hydroxylation sites is 2. The van der Waals surface area contributed by atoms with E-state index in [1.54, 1.807) is 54.6 Å². The number of carbonyl (C=O) groups excluding carboxylic acids is 3. The number of aliphatic hydroxyl groups is 1. The molecule has 2 unspecified atom stereocenters. The van der Waals surface area contributed by atoms with Crippen LogP contribution >= 0.6 is 0 Å². The van der Waals surface area contributed by atoms with E-state index in [4.69, 9.17) is 9.15 Å². The molecule has 2 atom stereocenters. The van der Waals surface area contributed by atoms with Crippen LogP contribution in [0.3, 0.4) is 0 Å². The van der Waals surface area contributed by atoms with E-state index in [-0.39, 0.29) is 30.5 Å². The average molecular weight is 485 g/mol. The Kier molecular flexibility index (Phi) is 5.08. The molecule has 0 radical (unpaired) electrons. The lowest BCUT2D eigenvalue weighted by molar-refractivity contribution is -0.141. The number of nitrogens with zero attached hydrogens (tertiary/aromatic N) is 2. The van der Waals surface area contributed by atoms with E-state index in [0.29, 0.717) is 35.2 Å². The van der Waals surface area contributed by atoms with Crippen LogP contribution in [0.15, 0.2) is 83.0 Å². The van der Waals surface area contributed by atoms with Gasteiger partial charge in [-0.1, -0.05) is 42.5 Å². The maximum atomic E-state index is 14.3. The topological polar surface area (TPSA) is 100 Å². The molecule has 3 aromatic rings. The van der Waals surface area contributed by atoms with Crippen LogP contribution in [0, 0.1) is 0 Å². The lowest BCUT2D eigenvalue weighted by atomic mass is 9.81. The van der Waals surface area contributed by atoms with Gasteiger partial charge in [-0.3, -0.25) is 14.4 Å². The van der Waals surface area contributed by atoms with Gasteiger partial charge >= 0.3 is 0 Å². The molecule has 8 nitrogen and oxygen atoms in total. The Morgan fingerprint density at radius 2 is 1.94 bits per heavy atom. The number of amides is 2. The number of rotatable bonds is 6. The third-order valence-corrected chi connectivity index (χ3v) is 7.19. The highest BCUT2D eigenvalue weighted by Gasteiger charge is 2.66. The van der Waals surface area contributed by atoms with E-state index in [0.717, 1.165) is 6.42 Å². The number of fused-ring (bicyclic) bond motifs is 3. The minimum atomic E-state index is -1.84. The second-order valence-corrected chi connectivity index (χ2v) is 9.18. The normalized spacial score (nSPS) is 23.4. The van der Waals surface area contributed by atoms with Crippen LogP contribution in [0.5, 0.6) is 0 Å². The van der Waals surface area contributed by atoms with Gasteiger partial charge in [0.25, 0.3) is 11.8 Å². The molecule has 8 heteroatoms. The summed E-state index contributed by atoms with van der Waals surface area (Å²) in [4.78, 5) is 44.7. The lowest BCUT2D eigenvalue weighted by Crippen LogP contribution is -2.55. The predicted molar refractivity (Wildman–Crippen MR) is 132 cm³/mol. The molecule has 0 aliphatic carbocycles. The summed E-state index contributed by atoms with van der Waals surface area (Å²) in [7, 11) is 0. The Morgan fingerprint density at radius 1 is 1.17 bits per heavy atom. The van der Waals surface area contributed by atoms with Gasteiger partial charge in [0.05, 0.1) is 17.4 Å². The molecule has 6 rings (SSSR count). The van der Waals surface area contributed by atoms with Crippen molar-refractivity contribution >= 4 is 34.3 Å². The number of Topliss-reactive ketones (excluding diaryl/α,β-unsaturated/α-hetero) is 1. The second kappa shape index (κ2) is 8.20. The third-order valence-electron chi connectivity index (χ3n) is 7.19. The molecule has 36 heavy (non-hydrogen) atoms. The van der Waals surface area contributed by atoms with Crippen molar-refractivity contribution in [3.8, 4) is 0 Å². The largest absolute Gasteiger partial charge is 0.503 e. The van der Waals surface area contributed by atoms with Gasteiger partial charge in [-0.15, -0.1) is 6.58 Å². The molecular formula is C28H24N2O6. The lowest BCUT2D eigenvalue weighted by Gasteiger charge is -2.36. The molecule has 1 fully saturated rings. The summed E-state index contributed by atoms with van der Waals surface area (Å²) in [5.74, 6) is -2.80. The van der Waals surface area contributed by atoms with Gasteiger partial charge in [0.2, 0.25) is 5.78 Å². The van der Waals surface area contributed by atoms with Crippen LogP contribution in [0.2, 0.25) is 0 Å². The summed E-state index contributed by atoms with van der Waals surface area (Å²) in [6.07, 6.45) is 2.81. The van der Waals surface area contributed by atoms with E-state index < -0.39 is 28.9 Å². The number of ether oxygens (including phenoxy) is 1. The fraction of sp³-hybridized carbons (Fsp3) is 0.250. The molecule has 4 heterocycles. The van der Waals surface area contributed by atoms with E-state index in [9.17, 15) is 19.5 Å². The fourth-order valence-electron chi connectivity index (χ4n) is 5.64. The number of benzene rings is 2. The second-order valence-electron chi connectivity index (χ2n) is 9.18. The zero-order valence-electron chi connectivity index (χ0n) is 19.5. The SMILES string of the molecule is C=CCN1C(=O)C2(C(C(=O)c3cc4ccccc4o3)=C(O)C(=O)N2CC2CCCO2)c2ccccc21. The molecule has 3 aliphatic heterocycles. The van der Waals surface area contributed by atoms with Crippen LogP contribution in [0.1, 0.15) is 29.0 Å². The standard InChI is InChI=1S/C28H24N2O6/c1-2-13-29-20-11-5-4-10-19(20)28(27(29)34)23(24(31)22-15-17-8-3-6-12-21(17)36-22)25(32)26(33)30(28)16-18-9-7-14-35-18/h2-6,8,10-12,15,18,32H,1,7,9,13-14,16H2. The molecular weight excluding hydrogens is 460 g/mol. The molecule has 1 spiro atoms. The first kappa shape index (κ1) is 22.3. The van der Waals surface area contributed by atoms with Gasteiger partial charge < -0.3 is 24.1 Å². The smallest absolute Gasteiger partial charge is 0.290 e. The summed E-state index contributed by atoms with van der Waals surface area (Å²) in [6.45, 7) is 4.55. The van der Waals surface area contributed by atoms with E-state index in [1.807, 2.05) is 6.07 Å². The molecule has 0 bridgehead atoms. The highest BCUT2D eigenvalue weighted by Crippen LogP contribution is 2.53. The average Bonchev–Trinajstić information content (AvgIpc) is 3.65. The van der Waals surface area contributed by atoms with Gasteiger partial charge in [-0.2, -0.15) is 0 Å². The van der Waals surface area contributed by atoms with Gasteiger partial charge in [0.15, 0.2) is 17.1 Å². The maximum absolute atomic E-state index is 14.3. The van der Waals surface area contributed by atoms with E-state index in [1.165, 1.54) is 9.80 Å². The van der Waals surface area contributed by atoms with E-state index >= 15 is 0 Å². The highest BCUT2D eigenvalue weighted by molar-refractivity contribution is 6.26. The molecule has 3 aliphatic rings. The Hall–Kier alpha value is -4.17. The van der Waals surface area contributed by atoms with Crippen LogP contribution in [0.25, 0.3) is 11.0 Å². The zero-order valence-corrected chi connectivity index (χ0v) is 19.5. The van der Waals surface area contributed by atoms with Crippen molar-refractivity contribution in [2.24, 2.45) is 0 Å². The number of carbonyl (C=O) groups is 3. The summed E-state index contributed by atoms with van der Waals surface area (Å²) < 4.78 is 11.6. The van der Waals surface area contributed by atoms with Gasteiger partial charge in [-0.25, -0.2) is 0 Å². The third kappa shape index (κ3) is 2.94. The van der Waals surface area contributed by atoms with Crippen molar-refractivity contribution in [1.82, 2.24) is 4.90 Å². The van der Waals surface area contributed by atoms with Crippen LogP contribution < -0.4 is 4.90 Å². The highest BCUT2D eigenvalue weighted by atomic mass is 16.5. The molecule has 182 valence electrons. The van der Waals surface area contributed by atoms with E-state index in [2.05, 4.69) is 6.58 Å². The monoisotopic (exact) mass is 484 g/mol. The summed E-state index contributed by atoms with van der Waals surface area (Å²) in [6, 6.07) is 15.7. The van der Waals surface area contributed by atoms with Crippen molar-refractivity contribution in [1.29, 1.82) is 0 Å². The van der Waals surface area contributed by atoms with Gasteiger partial charge in [-0.05, 0) is 31.0 Å². The predicted octanol–water partition coefficient (Wildman–Crippen LogP) is 3.88. The van der Waals surface area contributed by atoms with Crippen molar-refractivity contribution in [3.05, 3.63) is 89.9 Å². The summed E-state index contributed by atoms with van der Waals surface area (Å²) in [5, 5.41) is 11.9. The number of aliphatic hydroxyl groups excluding tert-OH is 1. The van der Waals surface area contributed by atoms with Crippen LogP contribution in [-0.2, 0) is 19.9 Å². The number of hydrogen-bond donors (Lipinski definition) is 1. The Bertz CT molecular complexity index is 1430. The van der Waals surface area contributed by atoms with Gasteiger partial charge in [0.1, 0.15) is 5.58 Å². The Morgan fingerprint density at radius 3 is 2.69 bits per heavy atom. The number of ketones is 1. The van der Waals surface area contributed by atoms with Crippen molar-refractivity contribution < 1.29 is 28.6 Å². The van der Waals surface area contributed by atoms with Crippen molar-refractivity contribution in [3.63, 3.8) is 0 Å². The summed E-state index contributed by atoms with van der Waals surface area (Å²) in [5.41, 5.74) is -0.651. The molecule has 2 amide bonds. The first-order chi connectivity index (χ1) is 17.5. The van der Waals surface area contributed by atoms with Crippen LogP contribution in [0.4, 0.5) is 5.69 Å². The number of anilines is 1.